The van der Waals surface area contributed by atoms with E-state index in [9.17, 15) is 9.59 Å². The molecule has 0 bridgehead atoms. The van der Waals surface area contributed by atoms with Gasteiger partial charge >= 0.3 is 5.69 Å². The molecule has 0 amide bonds. The van der Waals surface area contributed by atoms with Crippen LogP contribution in [0.3, 0.4) is 0 Å². The van der Waals surface area contributed by atoms with Crippen LogP contribution in [0.2, 0.25) is 0 Å². The van der Waals surface area contributed by atoms with E-state index in [0.717, 1.165) is 0 Å². The van der Waals surface area contributed by atoms with Crippen LogP contribution in [0.5, 0.6) is 0 Å². The van der Waals surface area contributed by atoms with E-state index >= 15 is 0 Å². The molecule has 0 atom stereocenters. The highest BCUT2D eigenvalue weighted by molar-refractivity contribution is 5.73. The highest BCUT2D eigenvalue weighted by Crippen LogP contribution is 2.11. The van der Waals surface area contributed by atoms with Gasteiger partial charge in [-0.15, -0.1) is 0 Å². The number of aliphatic hydroxyl groups is 1. The average Bonchev–Trinajstić information content (AvgIpc) is 2.54. The van der Waals surface area contributed by atoms with Gasteiger partial charge in [0.15, 0.2) is 11.2 Å². The molecule has 0 saturated carbocycles. The Morgan fingerprint density at radius 1 is 1.50 bits per heavy atom. The minimum absolute atomic E-state index is 0.0933. The predicted octanol–water partition coefficient (Wildman–Crippen LogP) is -2.00. The fraction of sp³-hybridized carbons (Fsp3) is 0.375. The zero-order valence-corrected chi connectivity index (χ0v) is 8.60. The van der Waals surface area contributed by atoms with Crippen molar-refractivity contribution in [1.29, 1.82) is 0 Å². The van der Waals surface area contributed by atoms with E-state index in [2.05, 4.69) is 9.97 Å². The van der Waals surface area contributed by atoms with Gasteiger partial charge in [-0.2, -0.15) is 4.98 Å². The Bertz CT molecular complexity index is 650. The van der Waals surface area contributed by atoms with Crippen LogP contribution in [0.4, 0.5) is 5.95 Å². The Kier molecular flexibility index (Phi) is 2.27. The number of nitrogens with one attached hydrogen (secondary N) is 1. The molecule has 16 heavy (non-hydrogen) atoms. The number of H-pyrrole nitrogens is 1. The van der Waals surface area contributed by atoms with Gasteiger partial charge in [0.05, 0.1) is 6.61 Å². The maximum Gasteiger partial charge on any atom is 0.329 e. The fourth-order valence-electron chi connectivity index (χ4n) is 1.58. The van der Waals surface area contributed by atoms with Gasteiger partial charge in [0.2, 0.25) is 5.95 Å². The first-order valence-corrected chi connectivity index (χ1v) is 4.62. The summed E-state index contributed by atoms with van der Waals surface area (Å²) in [7, 11) is 1.48. The predicted molar refractivity (Wildman–Crippen MR) is 57.1 cm³/mol. The fourth-order valence-corrected chi connectivity index (χ4v) is 1.58. The summed E-state index contributed by atoms with van der Waals surface area (Å²) in [6.07, 6.45) is 0. The molecule has 0 aliphatic heterocycles. The summed E-state index contributed by atoms with van der Waals surface area (Å²) in [5, 5.41) is 8.85. The van der Waals surface area contributed by atoms with Crippen molar-refractivity contribution in [3.8, 4) is 0 Å². The number of anilines is 1. The first-order valence-electron chi connectivity index (χ1n) is 4.62. The van der Waals surface area contributed by atoms with Gasteiger partial charge in [0.1, 0.15) is 0 Å². The van der Waals surface area contributed by atoms with Crippen molar-refractivity contribution >= 4 is 17.1 Å². The van der Waals surface area contributed by atoms with Gasteiger partial charge < -0.3 is 15.4 Å². The van der Waals surface area contributed by atoms with Crippen molar-refractivity contribution in [3.63, 3.8) is 0 Å². The lowest BCUT2D eigenvalue weighted by Crippen LogP contribution is -2.29. The van der Waals surface area contributed by atoms with E-state index in [0.29, 0.717) is 0 Å². The molecule has 8 nitrogen and oxygen atoms in total. The minimum atomic E-state index is -0.559. The van der Waals surface area contributed by atoms with E-state index in [1.165, 1.54) is 16.2 Å². The molecule has 0 radical (unpaired) electrons. The zero-order chi connectivity index (χ0) is 11.9. The average molecular weight is 225 g/mol. The largest absolute Gasteiger partial charge is 0.395 e. The van der Waals surface area contributed by atoms with E-state index in [4.69, 9.17) is 10.8 Å². The second-order valence-corrected chi connectivity index (χ2v) is 3.34. The summed E-state index contributed by atoms with van der Waals surface area (Å²) in [4.78, 5) is 29.0. The second-order valence-electron chi connectivity index (χ2n) is 3.34. The maximum atomic E-state index is 11.6. The summed E-state index contributed by atoms with van der Waals surface area (Å²) in [6.45, 7) is -0.0123. The summed E-state index contributed by atoms with van der Waals surface area (Å²) < 4.78 is 2.56. The van der Waals surface area contributed by atoms with Crippen LogP contribution in [0, 0.1) is 0 Å². The van der Waals surface area contributed by atoms with Crippen molar-refractivity contribution < 1.29 is 5.11 Å². The number of aliphatic hydroxyl groups excluding tert-OH is 1. The molecule has 0 aliphatic carbocycles. The third kappa shape index (κ3) is 1.31. The molecule has 0 aromatic carbocycles. The first kappa shape index (κ1) is 10.4. The standard InChI is InChI=1S/C8H11N5O3/c1-12-5-4(6(15)11-8(12)16)13(2-3-14)7(9)10-5/h14H,2-3H2,1H3,(H2,9,10)(H,11,15,16). The molecule has 0 fully saturated rings. The quantitative estimate of drug-likeness (QED) is 0.546. The number of nitrogen functional groups attached to an aromatic ring is 1. The summed E-state index contributed by atoms with van der Waals surface area (Å²) >= 11 is 0. The van der Waals surface area contributed by atoms with Crippen LogP contribution >= 0.6 is 0 Å². The number of hydrogen-bond donors (Lipinski definition) is 3. The number of nitrogens with zero attached hydrogens (tertiary/aromatic N) is 3. The third-order valence-electron chi connectivity index (χ3n) is 2.36. The number of aromatic nitrogens is 4. The maximum absolute atomic E-state index is 11.6. The number of aromatic amines is 1. The lowest BCUT2D eigenvalue weighted by atomic mass is 10.5. The summed E-state index contributed by atoms with van der Waals surface area (Å²) in [5.41, 5.74) is 4.89. The van der Waals surface area contributed by atoms with Crippen molar-refractivity contribution in [1.82, 2.24) is 19.1 Å². The number of rotatable bonds is 2. The first-order chi connectivity index (χ1) is 7.56. The number of aryl methyl sites for hydroxylation is 1. The molecule has 0 unspecified atom stereocenters. The number of fused-ring (bicyclic) bond motifs is 1. The number of nitrogens with two attached hydrogens (primary N) is 1. The van der Waals surface area contributed by atoms with Gasteiger partial charge in [-0.1, -0.05) is 0 Å². The van der Waals surface area contributed by atoms with Crippen LogP contribution in [0.15, 0.2) is 9.59 Å². The Labute approximate surface area is 89.0 Å². The highest BCUT2D eigenvalue weighted by atomic mass is 16.3. The van der Waals surface area contributed by atoms with Crippen molar-refractivity contribution in [3.05, 3.63) is 20.8 Å². The Morgan fingerprint density at radius 2 is 2.19 bits per heavy atom. The van der Waals surface area contributed by atoms with Crippen molar-refractivity contribution in [2.24, 2.45) is 7.05 Å². The Morgan fingerprint density at radius 3 is 2.81 bits per heavy atom. The van der Waals surface area contributed by atoms with Crippen LogP contribution in [0.25, 0.3) is 11.2 Å². The van der Waals surface area contributed by atoms with E-state index in [1.54, 1.807) is 0 Å². The van der Waals surface area contributed by atoms with Crippen LogP contribution in [-0.4, -0.2) is 30.8 Å². The van der Waals surface area contributed by atoms with Crippen molar-refractivity contribution in [2.75, 3.05) is 12.3 Å². The molecule has 2 aromatic rings. The second kappa shape index (κ2) is 3.49. The van der Waals surface area contributed by atoms with Crippen LogP contribution < -0.4 is 17.0 Å². The minimum Gasteiger partial charge on any atom is -0.395 e. The zero-order valence-electron chi connectivity index (χ0n) is 8.60. The molecule has 0 spiro atoms. The molecule has 2 aromatic heterocycles. The molecule has 86 valence electrons. The molecular formula is C8H11N5O3. The normalized spacial score (nSPS) is 11.1. The molecule has 0 aliphatic rings. The molecule has 0 saturated heterocycles. The van der Waals surface area contributed by atoms with Crippen LogP contribution in [0.1, 0.15) is 0 Å². The molecule has 4 N–H and O–H groups in total. The lowest BCUT2D eigenvalue weighted by Gasteiger charge is -2.02. The summed E-state index contributed by atoms with van der Waals surface area (Å²) in [5.74, 6) is 0.0933. The molecule has 2 heterocycles. The topological polar surface area (TPSA) is 119 Å². The highest BCUT2D eigenvalue weighted by Gasteiger charge is 2.14. The van der Waals surface area contributed by atoms with Gasteiger partial charge in [0, 0.05) is 13.6 Å². The molecular weight excluding hydrogens is 214 g/mol. The number of imidazole rings is 1. The Balaban J connectivity index is 2.95. The van der Waals surface area contributed by atoms with Gasteiger partial charge in [0.25, 0.3) is 5.56 Å². The van der Waals surface area contributed by atoms with E-state index in [-0.39, 0.29) is 30.3 Å². The van der Waals surface area contributed by atoms with Gasteiger partial charge in [-0.05, 0) is 0 Å². The molecule has 2 rings (SSSR count). The number of hydrogen-bond acceptors (Lipinski definition) is 5. The van der Waals surface area contributed by atoms with E-state index < -0.39 is 11.2 Å². The Hall–Kier alpha value is -2.09. The summed E-state index contributed by atoms with van der Waals surface area (Å²) in [6, 6.07) is 0. The lowest BCUT2D eigenvalue weighted by molar-refractivity contribution is 0.278. The SMILES string of the molecule is Cn1c(=O)[nH]c(=O)c2c1nc(N)n2CCO. The van der Waals surface area contributed by atoms with Crippen molar-refractivity contribution in [2.45, 2.75) is 6.54 Å². The third-order valence-corrected chi connectivity index (χ3v) is 2.36. The molecule has 8 heteroatoms. The van der Waals surface area contributed by atoms with Gasteiger partial charge in [-0.25, -0.2) is 4.79 Å². The monoisotopic (exact) mass is 225 g/mol. The van der Waals surface area contributed by atoms with Crippen LogP contribution in [-0.2, 0) is 13.6 Å². The van der Waals surface area contributed by atoms with E-state index in [1.807, 2.05) is 0 Å². The van der Waals surface area contributed by atoms with Gasteiger partial charge in [-0.3, -0.25) is 14.3 Å². The smallest absolute Gasteiger partial charge is 0.329 e.